The SMILES string of the molecule is Nc1cccc(C(=O)Oc2ccc(F)cc2)n1. The van der Waals surface area contributed by atoms with Crippen LogP contribution in [0.15, 0.2) is 42.5 Å². The summed E-state index contributed by atoms with van der Waals surface area (Å²) in [6.07, 6.45) is 0. The van der Waals surface area contributed by atoms with Gasteiger partial charge in [-0.15, -0.1) is 0 Å². The van der Waals surface area contributed by atoms with Crippen LogP contribution in [-0.2, 0) is 0 Å². The maximum Gasteiger partial charge on any atom is 0.362 e. The number of anilines is 1. The maximum absolute atomic E-state index is 12.6. The Bertz CT molecular complexity index is 540. The molecule has 0 atom stereocenters. The normalized spacial score (nSPS) is 9.94. The van der Waals surface area contributed by atoms with Crippen LogP contribution in [0.2, 0.25) is 0 Å². The van der Waals surface area contributed by atoms with Crippen LogP contribution >= 0.6 is 0 Å². The average Bonchev–Trinajstić information content (AvgIpc) is 2.32. The first-order valence-electron chi connectivity index (χ1n) is 4.85. The molecule has 0 aliphatic carbocycles. The zero-order valence-corrected chi connectivity index (χ0v) is 8.76. The number of ether oxygens (including phenoxy) is 1. The number of benzene rings is 1. The number of hydrogen-bond donors (Lipinski definition) is 1. The summed E-state index contributed by atoms with van der Waals surface area (Å²) in [5.74, 6) is -0.546. The summed E-state index contributed by atoms with van der Waals surface area (Å²) in [5.41, 5.74) is 5.55. The Morgan fingerprint density at radius 1 is 1.18 bits per heavy atom. The van der Waals surface area contributed by atoms with Crippen LogP contribution in [-0.4, -0.2) is 11.0 Å². The van der Waals surface area contributed by atoms with Crippen molar-refractivity contribution in [3.63, 3.8) is 0 Å². The van der Waals surface area contributed by atoms with Gasteiger partial charge in [0.05, 0.1) is 0 Å². The predicted molar refractivity (Wildman–Crippen MR) is 60.0 cm³/mol. The lowest BCUT2D eigenvalue weighted by molar-refractivity contribution is 0.0728. The molecule has 5 heteroatoms. The van der Waals surface area contributed by atoms with Crippen molar-refractivity contribution in [2.24, 2.45) is 0 Å². The number of nitrogens with zero attached hydrogens (tertiary/aromatic N) is 1. The van der Waals surface area contributed by atoms with E-state index >= 15 is 0 Å². The van der Waals surface area contributed by atoms with Gasteiger partial charge in [0.25, 0.3) is 0 Å². The summed E-state index contributed by atoms with van der Waals surface area (Å²) >= 11 is 0. The van der Waals surface area contributed by atoms with Crippen molar-refractivity contribution in [2.45, 2.75) is 0 Å². The third kappa shape index (κ3) is 2.78. The molecular formula is C12H9FN2O2. The number of carbonyl (C=O) groups excluding carboxylic acids is 1. The van der Waals surface area contributed by atoms with Crippen molar-refractivity contribution in [3.05, 3.63) is 54.0 Å². The topological polar surface area (TPSA) is 65.2 Å². The Labute approximate surface area is 96.9 Å². The van der Waals surface area contributed by atoms with E-state index in [2.05, 4.69) is 4.98 Å². The fourth-order valence-electron chi connectivity index (χ4n) is 1.23. The minimum atomic E-state index is -0.635. The Kier molecular flexibility index (Phi) is 3.00. The first kappa shape index (κ1) is 11.1. The molecule has 0 aliphatic rings. The molecule has 86 valence electrons. The van der Waals surface area contributed by atoms with E-state index in [9.17, 15) is 9.18 Å². The first-order chi connectivity index (χ1) is 8.15. The van der Waals surface area contributed by atoms with Gasteiger partial charge in [0, 0.05) is 0 Å². The molecule has 2 N–H and O–H groups in total. The lowest BCUT2D eigenvalue weighted by atomic mass is 10.3. The van der Waals surface area contributed by atoms with Gasteiger partial charge in [-0.3, -0.25) is 0 Å². The van der Waals surface area contributed by atoms with Gasteiger partial charge in [0.2, 0.25) is 0 Å². The van der Waals surface area contributed by atoms with E-state index in [-0.39, 0.29) is 17.3 Å². The molecule has 0 saturated heterocycles. The molecule has 0 aliphatic heterocycles. The molecule has 0 radical (unpaired) electrons. The van der Waals surface area contributed by atoms with E-state index in [0.29, 0.717) is 0 Å². The summed E-state index contributed by atoms with van der Waals surface area (Å²) in [6.45, 7) is 0. The van der Waals surface area contributed by atoms with Crippen molar-refractivity contribution in [1.82, 2.24) is 4.98 Å². The van der Waals surface area contributed by atoms with Crippen molar-refractivity contribution in [2.75, 3.05) is 5.73 Å². The minimum Gasteiger partial charge on any atom is -0.422 e. The highest BCUT2D eigenvalue weighted by molar-refractivity contribution is 5.89. The van der Waals surface area contributed by atoms with Crippen molar-refractivity contribution in [3.8, 4) is 5.75 Å². The van der Waals surface area contributed by atoms with Gasteiger partial charge in [-0.25, -0.2) is 14.2 Å². The summed E-state index contributed by atoms with van der Waals surface area (Å²) < 4.78 is 17.6. The Morgan fingerprint density at radius 2 is 1.88 bits per heavy atom. The summed E-state index contributed by atoms with van der Waals surface area (Å²) in [4.78, 5) is 15.4. The Hall–Kier alpha value is -2.43. The predicted octanol–water partition coefficient (Wildman–Crippen LogP) is 2.02. The quantitative estimate of drug-likeness (QED) is 0.635. The molecule has 0 bridgehead atoms. The number of esters is 1. The van der Waals surface area contributed by atoms with Gasteiger partial charge < -0.3 is 10.5 Å². The summed E-state index contributed by atoms with van der Waals surface area (Å²) in [7, 11) is 0. The van der Waals surface area contributed by atoms with Gasteiger partial charge >= 0.3 is 5.97 Å². The largest absolute Gasteiger partial charge is 0.422 e. The summed E-state index contributed by atoms with van der Waals surface area (Å²) in [5, 5.41) is 0. The highest BCUT2D eigenvalue weighted by Crippen LogP contribution is 2.13. The van der Waals surface area contributed by atoms with Crippen molar-refractivity contribution >= 4 is 11.8 Å². The zero-order valence-electron chi connectivity index (χ0n) is 8.76. The van der Waals surface area contributed by atoms with Crippen LogP contribution in [0.4, 0.5) is 10.2 Å². The van der Waals surface area contributed by atoms with Gasteiger partial charge in [0.15, 0.2) is 5.69 Å². The van der Waals surface area contributed by atoms with E-state index in [1.54, 1.807) is 12.1 Å². The fraction of sp³-hybridized carbons (Fsp3) is 0. The van der Waals surface area contributed by atoms with Crippen LogP contribution in [0.3, 0.4) is 0 Å². The lowest BCUT2D eigenvalue weighted by Crippen LogP contribution is -2.11. The third-order valence-corrected chi connectivity index (χ3v) is 2.00. The molecule has 1 aromatic carbocycles. The number of rotatable bonds is 2. The molecule has 1 heterocycles. The van der Waals surface area contributed by atoms with Crippen LogP contribution in [0.1, 0.15) is 10.5 Å². The second-order valence-electron chi connectivity index (χ2n) is 3.29. The molecule has 2 rings (SSSR count). The van der Waals surface area contributed by atoms with E-state index in [4.69, 9.17) is 10.5 Å². The first-order valence-corrected chi connectivity index (χ1v) is 4.85. The smallest absolute Gasteiger partial charge is 0.362 e. The number of nitrogen functional groups attached to an aromatic ring is 1. The molecular weight excluding hydrogens is 223 g/mol. The van der Waals surface area contributed by atoms with Gasteiger partial charge in [0.1, 0.15) is 17.4 Å². The molecule has 0 saturated carbocycles. The molecule has 2 aromatic rings. The van der Waals surface area contributed by atoms with Crippen LogP contribution in [0.25, 0.3) is 0 Å². The number of hydrogen-bond acceptors (Lipinski definition) is 4. The van der Waals surface area contributed by atoms with Gasteiger partial charge in [-0.1, -0.05) is 6.07 Å². The number of halogens is 1. The Balaban J connectivity index is 2.14. The fourth-order valence-corrected chi connectivity index (χ4v) is 1.23. The van der Waals surface area contributed by atoms with E-state index in [1.165, 1.54) is 30.3 Å². The monoisotopic (exact) mass is 232 g/mol. The van der Waals surface area contributed by atoms with Gasteiger partial charge in [-0.2, -0.15) is 0 Å². The molecule has 4 nitrogen and oxygen atoms in total. The van der Waals surface area contributed by atoms with Crippen LogP contribution in [0.5, 0.6) is 5.75 Å². The van der Waals surface area contributed by atoms with Crippen LogP contribution < -0.4 is 10.5 Å². The molecule has 0 fully saturated rings. The van der Waals surface area contributed by atoms with Gasteiger partial charge in [-0.05, 0) is 36.4 Å². The average molecular weight is 232 g/mol. The maximum atomic E-state index is 12.6. The molecule has 0 spiro atoms. The number of pyridine rings is 1. The highest BCUT2D eigenvalue weighted by atomic mass is 19.1. The zero-order chi connectivity index (χ0) is 12.3. The molecule has 0 amide bonds. The van der Waals surface area contributed by atoms with Crippen LogP contribution in [0, 0.1) is 5.82 Å². The summed E-state index contributed by atoms with van der Waals surface area (Å²) in [6, 6.07) is 9.78. The lowest BCUT2D eigenvalue weighted by Gasteiger charge is -2.03. The third-order valence-electron chi connectivity index (χ3n) is 2.00. The minimum absolute atomic E-state index is 0.106. The number of nitrogens with two attached hydrogens (primary N) is 1. The Morgan fingerprint density at radius 3 is 2.53 bits per heavy atom. The number of aromatic nitrogens is 1. The molecule has 1 aromatic heterocycles. The second kappa shape index (κ2) is 4.61. The molecule has 17 heavy (non-hydrogen) atoms. The van der Waals surface area contributed by atoms with Crippen molar-refractivity contribution < 1.29 is 13.9 Å². The number of carbonyl (C=O) groups is 1. The highest BCUT2D eigenvalue weighted by Gasteiger charge is 2.10. The van der Waals surface area contributed by atoms with E-state index < -0.39 is 11.8 Å². The van der Waals surface area contributed by atoms with Crippen molar-refractivity contribution in [1.29, 1.82) is 0 Å². The van der Waals surface area contributed by atoms with E-state index in [0.717, 1.165) is 0 Å². The molecule has 0 unspecified atom stereocenters. The second-order valence-corrected chi connectivity index (χ2v) is 3.29. The standard InChI is InChI=1S/C12H9FN2O2/c13-8-4-6-9(7-5-8)17-12(16)10-2-1-3-11(14)15-10/h1-7H,(H2,14,15). The van der Waals surface area contributed by atoms with E-state index in [1.807, 2.05) is 0 Å².